The fourth-order valence-electron chi connectivity index (χ4n) is 3.28. The first-order valence-electron chi connectivity index (χ1n) is 10.6. The molecule has 1 aliphatic rings. The summed E-state index contributed by atoms with van der Waals surface area (Å²) in [5.74, 6) is 1.42. The Bertz CT molecular complexity index is 1270. The van der Waals surface area contributed by atoms with Crippen molar-refractivity contribution >= 4 is 57.6 Å². The van der Waals surface area contributed by atoms with Gasteiger partial charge in [0.1, 0.15) is 17.2 Å². The maximum absolute atomic E-state index is 13.0. The third kappa shape index (κ3) is 6.00. The Hall–Kier alpha value is -3.82. The zero-order valence-electron chi connectivity index (χ0n) is 19.0. The van der Waals surface area contributed by atoms with Gasteiger partial charge in [-0.05, 0) is 60.2 Å². The number of hydrogen-bond acceptors (Lipinski definition) is 7. The molecule has 0 aliphatic carbocycles. The number of nitrogens with one attached hydrogen (secondary N) is 1. The second-order valence-corrected chi connectivity index (χ2v) is 9.03. The Balaban J connectivity index is 1.36. The van der Waals surface area contributed by atoms with Gasteiger partial charge in [0.15, 0.2) is 10.9 Å². The maximum Gasteiger partial charge on any atom is 0.270 e. The first kappa shape index (κ1) is 24.3. The van der Waals surface area contributed by atoms with Gasteiger partial charge in [0.05, 0.1) is 24.8 Å². The Kier molecular flexibility index (Phi) is 7.69. The zero-order valence-corrected chi connectivity index (χ0v) is 20.7. The fraction of sp³-hybridized carbons (Fsp3) is 0.115. The molecule has 0 radical (unpaired) electrons. The molecule has 2 amide bonds. The van der Waals surface area contributed by atoms with Gasteiger partial charge in [0, 0.05) is 11.8 Å². The van der Waals surface area contributed by atoms with Crippen LogP contribution in [-0.4, -0.2) is 37.0 Å². The number of benzene rings is 3. The molecule has 0 spiro atoms. The van der Waals surface area contributed by atoms with Crippen molar-refractivity contribution < 1.29 is 23.8 Å². The number of carbonyl (C=O) groups is 2. The number of anilines is 2. The van der Waals surface area contributed by atoms with Crippen LogP contribution in [0.4, 0.5) is 11.4 Å². The van der Waals surface area contributed by atoms with Crippen molar-refractivity contribution in [2.75, 3.05) is 31.0 Å². The van der Waals surface area contributed by atoms with Gasteiger partial charge < -0.3 is 19.5 Å². The van der Waals surface area contributed by atoms with Crippen LogP contribution in [0.15, 0.2) is 77.7 Å². The van der Waals surface area contributed by atoms with Crippen molar-refractivity contribution in [1.82, 2.24) is 0 Å². The standard InChI is InChI=1S/C26H22N2O5S2/c1-31-20-12-8-19(9-13-20)28-25(30)23(35-26(28)34)14-17-6-10-21(11-7-17)33-16-24(29)27-18-4-3-5-22(15-18)32-2/h3-15H,16H2,1-2H3,(H,27,29)/b23-14-. The Morgan fingerprint density at radius 2 is 1.66 bits per heavy atom. The van der Waals surface area contributed by atoms with Crippen LogP contribution >= 0.6 is 24.0 Å². The number of nitrogens with zero attached hydrogens (tertiary/aromatic N) is 1. The first-order valence-corrected chi connectivity index (χ1v) is 11.8. The monoisotopic (exact) mass is 506 g/mol. The van der Waals surface area contributed by atoms with Crippen molar-refractivity contribution in [3.05, 3.63) is 83.3 Å². The Morgan fingerprint density at radius 1 is 0.971 bits per heavy atom. The molecule has 1 fully saturated rings. The summed E-state index contributed by atoms with van der Waals surface area (Å²) in [5.41, 5.74) is 2.13. The lowest BCUT2D eigenvalue weighted by Crippen LogP contribution is -2.27. The number of rotatable bonds is 8. The van der Waals surface area contributed by atoms with Crippen LogP contribution in [0, 0.1) is 0 Å². The largest absolute Gasteiger partial charge is 0.497 e. The summed E-state index contributed by atoms with van der Waals surface area (Å²) in [6, 6.07) is 21.4. The van der Waals surface area contributed by atoms with Crippen molar-refractivity contribution in [1.29, 1.82) is 0 Å². The molecular weight excluding hydrogens is 484 g/mol. The normalized spacial score (nSPS) is 14.2. The highest BCUT2D eigenvalue weighted by Gasteiger charge is 2.33. The summed E-state index contributed by atoms with van der Waals surface area (Å²) < 4.78 is 16.4. The van der Waals surface area contributed by atoms with E-state index in [4.69, 9.17) is 26.4 Å². The van der Waals surface area contributed by atoms with Gasteiger partial charge in [0.25, 0.3) is 11.8 Å². The SMILES string of the molecule is COc1ccc(N2C(=O)/C(=C/c3ccc(OCC(=O)Nc4cccc(OC)c4)cc3)SC2=S)cc1. The molecule has 1 aliphatic heterocycles. The van der Waals surface area contributed by atoms with Crippen LogP contribution in [0.25, 0.3) is 6.08 Å². The fourth-order valence-corrected chi connectivity index (χ4v) is 4.58. The first-order chi connectivity index (χ1) is 17.0. The van der Waals surface area contributed by atoms with Gasteiger partial charge in [-0.3, -0.25) is 14.5 Å². The summed E-state index contributed by atoms with van der Waals surface area (Å²) in [6.45, 7) is -0.142. The molecule has 35 heavy (non-hydrogen) atoms. The number of thiocarbonyl (C=S) groups is 1. The van der Waals surface area contributed by atoms with E-state index in [2.05, 4.69) is 5.32 Å². The molecule has 3 aromatic rings. The molecule has 0 saturated carbocycles. The van der Waals surface area contributed by atoms with Gasteiger partial charge in [-0.1, -0.05) is 42.2 Å². The topological polar surface area (TPSA) is 77.1 Å². The van der Waals surface area contributed by atoms with Gasteiger partial charge in [-0.2, -0.15) is 0 Å². The van der Waals surface area contributed by atoms with E-state index in [1.54, 1.807) is 81.0 Å². The van der Waals surface area contributed by atoms with Crippen molar-refractivity contribution in [2.45, 2.75) is 0 Å². The molecular formula is C26H22N2O5S2. The third-order valence-electron chi connectivity index (χ3n) is 5.03. The van der Waals surface area contributed by atoms with E-state index in [-0.39, 0.29) is 18.4 Å². The second kappa shape index (κ2) is 11.1. The zero-order chi connectivity index (χ0) is 24.8. The summed E-state index contributed by atoms with van der Waals surface area (Å²) >= 11 is 6.67. The lowest BCUT2D eigenvalue weighted by molar-refractivity contribution is -0.118. The summed E-state index contributed by atoms with van der Waals surface area (Å²) in [5, 5.41) is 2.76. The highest BCUT2D eigenvalue weighted by atomic mass is 32.2. The van der Waals surface area contributed by atoms with Crippen LogP contribution in [0.5, 0.6) is 17.2 Å². The Labute approximate surface area is 212 Å². The molecule has 1 N–H and O–H groups in total. The highest BCUT2D eigenvalue weighted by Crippen LogP contribution is 2.36. The predicted octanol–water partition coefficient (Wildman–Crippen LogP) is 5.13. The molecule has 3 aromatic carbocycles. The summed E-state index contributed by atoms with van der Waals surface area (Å²) in [6.07, 6.45) is 1.78. The molecule has 178 valence electrons. The van der Waals surface area contributed by atoms with Crippen LogP contribution < -0.4 is 24.4 Å². The molecule has 1 heterocycles. The smallest absolute Gasteiger partial charge is 0.270 e. The van der Waals surface area contributed by atoms with Gasteiger partial charge in [-0.15, -0.1) is 0 Å². The van der Waals surface area contributed by atoms with Crippen LogP contribution in [-0.2, 0) is 9.59 Å². The van der Waals surface area contributed by atoms with Crippen molar-refractivity contribution in [3.8, 4) is 17.2 Å². The molecule has 4 rings (SSSR count). The molecule has 0 aromatic heterocycles. The number of hydrogen-bond donors (Lipinski definition) is 1. The average Bonchev–Trinajstić information content (AvgIpc) is 3.16. The minimum Gasteiger partial charge on any atom is -0.497 e. The molecule has 1 saturated heterocycles. The number of thioether (sulfide) groups is 1. The van der Waals surface area contributed by atoms with Gasteiger partial charge in [0.2, 0.25) is 0 Å². The number of carbonyl (C=O) groups excluding carboxylic acids is 2. The van der Waals surface area contributed by atoms with Crippen LogP contribution in [0.1, 0.15) is 5.56 Å². The number of ether oxygens (including phenoxy) is 3. The van der Waals surface area contributed by atoms with E-state index in [1.807, 2.05) is 12.1 Å². The van der Waals surface area contributed by atoms with Crippen molar-refractivity contribution in [2.24, 2.45) is 0 Å². The maximum atomic E-state index is 13.0. The molecule has 9 heteroatoms. The summed E-state index contributed by atoms with van der Waals surface area (Å²) in [4.78, 5) is 27.2. The minimum atomic E-state index is -0.287. The third-order valence-corrected chi connectivity index (χ3v) is 6.33. The van der Waals surface area contributed by atoms with E-state index in [1.165, 1.54) is 16.7 Å². The second-order valence-electron chi connectivity index (χ2n) is 7.35. The molecule has 0 bridgehead atoms. The van der Waals surface area contributed by atoms with E-state index in [9.17, 15) is 9.59 Å². The number of amides is 2. The Morgan fingerprint density at radius 3 is 2.34 bits per heavy atom. The molecule has 0 unspecified atom stereocenters. The highest BCUT2D eigenvalue weighted by molar-refractivity contribution is 8.27. The summed E-state index contributed by atoms with van der Waals surface area (Å²) in [7, 11) is 3.15. The quantitative estimate of drug-likeness (QED) is 0.335. The van der Waals surface area contributed by atoms with Gasteiger partial charge >= 0.3 is 0 Å². The number of methoxy groups -OCH3 is 2. The van der Waals surface area contributed by atoms with Gasteiger partial charge in [-0.25, -0.2) is 0 Å². The molecule has 7 nitrogen and oxygen atoms in total. The lowest BCUT2D eigenvalue weighted by atomic mass is 10.2. The van der Waals surface area contributed by atoms with E-state index in [0.717, 1.165) is 5.56 Å². The van der Waals surface area contributed by atoms with E-state index < -0.39 is 0 Å². The van der Waals surface area contributed by atoms with E-state index in [0.29, 0.717) is 37.8 Å². The minimum absolute atomic E-state index is 0.142. The van der Waals surface area contributed by atoms with Crippen molar-refractivity contribution in [3.63, 3.8) is 0 Å². The predicted molar refractivity (Wildman–Crippen MR) is 142 cm³/mol. The van der Waals surface area contributed by atoms with E-state index >= 15 is 0 Å². The molecule has 0 atom stereocenters. The van der Waals surface area contributed by atoms with Crippen LogP contribution in [0.2, 0.25) is 0 Å². The lowest BCUT2D eigenvalue weighted by Gasteiger charge is -2.14. The van der Waals surface area contributed by atoms with Crippen LogP contribution in [0.3, 0.4) is 0 Å². The average molecular weight is 507 g/mol.